The number of amides is 1. The number of pyridine rings is 1. The number of benzene rings is 1. The first-order valence-corrected chi connectivity index (χ1v) is 5.94. The molecule has 0 saturated heterocycles. The van der Waals surface area contributed by atoms with Gasteiger partial charge in [-0.2, -0.15) is 0 Å². The molecule has 2 rings (SSSR count). The van der Waals surface area contributed by atoms with E-state index in [1.807, 2.05) is 24.3 Å². The molecule has 0 bridgehead atoms. The third kappa shape index (κ3) is 2.46. The molecule has 1 atom stereocenters. The predicted molar refractivity (Wildman–Crippen MR) is 75.5 cm³/mol. The van der Waals surface area contributed by atoms with Crippen molar-refractivity contribution >= 4 is 34.0 Å². The highest BCUT2D eigenvalue weighted by Gasteiger charge is 2.13. The number of nitrogens with two attached hydrogens (primary N) is 1. The first-order valence-electron chi connectivity index (χ1n) is 5.53. The zero-order valence-electron chi connectivity index (χ0n) is 9.88. The number of carbonyl (C=O) groups is 1. The molecule has 1 aromatic heterocycles. The fraction of sp³-hybridized carbons (Fsp3) is 0.154. The van der Waals surface area contributed by atoms with E-state index < -0.39 is 0 Å². The lowest BCUT2D eigenvalue weighted by Gasteiger charge is -2.13. The fourth-order valence-electron chi connectivity index (χ4n) is 1.64. The molecule has 1 aromatic carbocycles. The average molecular weight is 259 g/mol. The van der Waals surface area contributed by atoms with Gasteiger partial charge in [-0.25, -0.2) is 0 Å². The largest absolute Gasteiger partial charge is 0.392 e. The van der Waals surface area contributed by atoms with Crippen LogP contribution in [0.5, 0.6) is 0 Å². The molecule has 0 aliphatic carbocycles. The number of aromatic nitrogens is 1. The summed E-state index contributed by atoms with van der Waals surface area (Å²) in [6, 6.07) is 8.83. The SMILES string of the molecule is CC(NC(=O)c1ccnc2ccccc12)C(N)=S. The molecule has 0 saturated carbocycles. The van der Waals surface area contributed by atoms with Crippen LogP contribution in [0.1, 0.15) is 17.3 Å². The number of hydrogen-bond acceptors (Lipinski definition) is 3. The predicted octanol–water partition coefficient (Wildman–Crippen LogP) is 1.64. The van der Waals surface area contributed by atoms with Gasteiger partial charge < -0.3 is 11.1 Å². The average Bonchev–Trinajstić information content (AvgIpc) is 2.37. The lowest BCUT2D eigenvalue weighted by atomic mass is 10.1. The van der Waals surface area contributed by atoms with Crippen LogP contribution in [0.15, 0.2) is 36.5 Å². The van der Waals surface area contributed by atoms with Gasteiger partial charge in [0.25, 0.3) is 5.91 Å². The molecule has 92 valence electrons. The molecule has 18 heavy (non-hydrogen) atoms. The molecule has 1 amide bonds. The minimum absolute atomic E-state index is 0.200. The Kier molecular flexibility index (Phi) is 3.53. The number of hydrogen-bond donors (Lipinski definition) is 2. The molecule has 4 nitrogen and oxygen atoms in total. The number of para-hydroxylation sites is 1. The zero-order valence-corrected chi connectivity index (χ0v) is 10.7. The van der Waals surface area contributed by atoms with Crippen LogP contribution in [0.2, 0.25) is 0 Å². The molecule has 0 aliphatic rings. The molecule has 2 aromatic rings. The Labute approximate surface area is 110 Å². The third-order valence-electron chi connectivity index (χ3n) is 2.67. The van der Waals surface area contributed by atoms with Crippen LogP contribution < -0.4 is 11.1 Å². The smallest absolute Gasteiger partial charge is 0.252 e. The van der Waals surface area contributed by atoms with E-state index in [-0.39, 0.29) is 16.9 Å². The molecule has 0 fully saturated rings. The molecule has 1 heterocycles. The van der Waals surface area contributed by atoms with Crippen molar-refractivity contribution in [1.29, 1.82) is 0 Å². The second-order valence-electron chi connectivity index (χ2n) is 3.97. The topological polar surface area (TPSA) is 68.0 Å². The minimum Gasteiger partial charge on any atom is -0.392 e. The van der Waals surface area contributed by atoms with E-state index in [0.717, 1.165) is 10.9 Å². The van der Waals surface area contributed by atoms with E-state index in [2.05, 4.69) is 10.3 Å². The van der Waals surface area contributed by atoms with Gasteiger partial charge in [0.1, 0.15) is 0 Å². The first kappa shape index (κ1) is 12.4. The number of thiocarbonyl (C=S) groups is 1. The summed E-state index contributed by atoms with van der Waals surface area (Å²) in [6.45, 7) is 1.75. The van der Waals surface area contributed by atoms with Crippen molar-refractivity contribution in [3.8, 4) is 0 Å². The van der Waals surface area contributed by atoms with Crippen LogP contribution >= 0.6 is 12.2 Å². The molecular weight excluding hydrogens is 246 g/mol. The number of carbonyl (C=O) groups excluding carboxylic acids is 1. The van der Waals surface area contributed by atoms with Gasteiger partial charge in [-0.1, -0.05) is 30.4 Å². The second-order valence-corrected chi connectivity index (χ2v) is 4.44. The van der Waals surface area contributed by atoms with E-state index >= 15 is 0 Å². The summed E-state index contributed by atoms with van der Waals surface area (Å²) in [4.78, 5) is 16.6. The van der Waals surface area contributed by atoms with E-state index in [9.17, 15) is 4.79 Å². The van der Waals surface area contributed by atoms with Crippen molar-refractivity contribution in [2.75, 3.05) is 0 Å². The van der Waals surface area contributed by atoms with E-state index in [1.54, 1.807) is 19.2 Å². The van der Waals surface area contributed by atoms with Gasteiger partial charge in [-0.3, -0.25) is 9.78 Å². The number of rotatable bonds is 3. The highest BCUT2D eigenvalue weighted by atomic mass is 32.1. The Morgan fingerprint density at radius 2 is 2.11 bits per heavy atom. The van der Waals surface area contributed by atoms with Gasteiger partial charge in [0.05, 0.1) is 22.1 Å². The Morgan fingerprint density at radius 1 is 1.39 bits per heavy atom. The Hall–Kier alpha value is -2.01. The molecule has 0 aliphatic heterocycles. The lowest BCUT2D eigenvalue weighted by Crippen LogP contribution is -2.41. The lowest BCUT2D eigenvalue weighted by molar-refractivity contribution is 0.0951. The van der Waals surface area contributed by atoms with Gasteiger partial charge in [0, 0.05) is 11.6 Å². The zero-order chi connectivity index (χ0) is 13.1. The fourth-order valence-corrected chi connectivity index (χ4v) is 1.70. The van der Waals surface area contributed by atoms with E-state index in [4.69, 9.17) is 18.0 Å². The van der Waals surface area contributed by atoms with Crippen LogP contribution in [0.25, 0.3) is 10.9 Å². The maximum atomic E-state index is 12.1. The van der Waals surface area contributed by atoms with Crippen LogP contribution in [0.4, 0.5) is 0 Å². The maximum absolute atomic E-state index is 12.1. The monoisotopic (exact) mass is 259 g/mol. The maximum Gasteiger partial charge on any atom is 0.252 e. The van der Waals surface area contributed by atoms with Crippen LogP contribution in [0, 0.1) is 0 Å². The van der Waals surface area contributed by atoms with Crippen molar-refractivity contribution in [3.05, 3.63) is 42.1 Å². The number of nitrogens with one attached hydrogen (secondary N) is 1. The second kappa shape index (κ2) is 5.10. The summed E-state index contributed by atoms with van der Waals surface area (Å²) in [5, 5.41) is 3.57. The van der Waals surface area contributed by atoms with Crippen LogP contribution in [-0.2, 0) is 0 Å². The van der Waals surface area contributed by atoms with Gasteiger partial charge in [0.2, 0.25) is 0 Å². The first-order chi connectivity index (χ1) is 8.59. The quantitative estimate of drug-likeness (QED) is 0.822. The summed E-state index contributed by atoms with van der Waals surface area (Å²) < 4.78 is 0. The molecule has 3 N–H and O–H groups in total. The minimum atomic E-state index is -0.334. The van der Waals surface area contributed by atoms with Crippen molar-refractivity contribution in [1.82, 2.24) is 10.3 Å². The Bertz CT molecular complexity index is 607. The summed E-state index contributed by atoms with van der Waals surface area (Å²) in [5.41, 5.74) is 6.84. The van der Waals surface area contributed by atoms with Gasteiger partial charge >= 0.3 is 0 Å². The third-order valence-corrected chi connectivity index (χ3v) is 3.02. The highest BCUT2D eigenvalue weighted by molar-refractivity contribution is 7.80. The summed E-state index contributed by atoms with van der Waals surface area (Å²) in [5.74, 6) is -0.200. The van der Waals surface area contributed by atoms with E-state index in [1.165, 1.54) is 0 Å². The summed E-state index contributed by atoms with van der Waals surface area (Å²) in [7, 11) is 0. The number of fused-ring (bicyclic) bond motifs is 1. The molecule has 1 unspecified atom stereocenters. The van der Waals surface area contributed by atoms with Gasteiger partial charge in [-0.15, -0.1) is 0 Å². The molecule has 0 spiro atoms. The van der Waals surface area contributed by atoms with Crippen molar-refractivity contribution < 1.29 is 4.79 Å². The van der Waals surface area contributed by atoms with Crippen molar-refractivity contribution in [2.24, 2.45) is 5.73 Å². The van der Waals surface area contributed by atoms with Crippen molar-refractivity contribution in [3.63, 3.8) is 0 Å². The molecule has 5 heteroatoms. The van der Waals surface area contributed by atoms with Gasteiger partial charge in [-0.05, 0) is 19.1 Å². The normalized spacial score (nSPS) is 12.1. The number of nitrogens with zero attached hydrogens (tertiary/aromatic N) is 1. The van der Waals surface area contributed by atoms with Crippen LogP contribution in [0.3, 0.4) is 0 Å². The molecule has 0 radical (unpaired) electrons. The summed E-state index contributed by atoms with van der Waals surface area (Å²) >= 11 is 4.83. The highest BCUT2D eigenvalue weighted by Crippen LogP contribution is 2.15. The van der Waals surface area contributed by atoms with Gasteiger partial charge in [0.15, 0.2) is 0 Å². The Morgan fingerprint density at radius 3 is 2.83 bits per heavy atom. The summed E-state index contributed by atoms with van der Waals surface area (Å²) in [6.07, 6.45) is 1.61. The molecular formula is C13H13N3OS. The Balaban J connectivity index is 2.36. The van der Waals surface area contributed by atoms with Crippen LogP contribution in [-0.4, -0.2) is 21.9 Å². The standard InChI is InChI=1S/C13H13N3OS/c1-8(12(14)18)16-13(17)10-6-7-15-11-5-3-2-4-9(10)11/h2-8H,1H3,(H2,14,18)(H,16,17). The van der Waals surface area contributed by atoms with Crippen molar-refractivity contribution in [2.45, 2.75) is 13.0 Å². The van der Waals surface area contributed by atoms with E-state index in [0.29, 0.717) is 5.56 Å².